The van der Waals surface area contributed by atoms with E-state index in [0.29, 0.717) is 12.8 Å². The number of hydrogen-bond donors (Lipinski definition) is 0. The van der Waals surface area contributed by atoms with Crippen LogP contribution in [0.2, 0.25) is 0 Å². The van der Waals surface area contributed by atoms with Crippen LogP contribution < -0.4 is 4.74 Å². The van der Waals surface area contributed by atoms with Gasteiger partial charge in [-0.1, -0.05) is 24.3 Å². The molecule has 1 fully saturated rings. The molecule has 0 aliphatic carbocycles. The molecule has 3 aromatic rings. The van der Waals surface area contributed by atoms with Gasteiger partial charge in [-0.3, -0.25) is 0 Å². The third-order valence-electron chi connectivity index (χ3n) is 6.13. The Labute approximate surface area is 205 Å². The Morgan fingerprint density at radius 1 is 0.811 bits per heavy atom. The number of hydrogen-bond acceptors (Lipinski definition) is 2. The molecule has 1 aliphatic heterocycles. The van der Waals surface area contributed by atoms with Crippen molar-refractivity contribution in [2.45, 2.75) is 44.1 Å². The lowest BCUT2D eigenvalue weighted by Gasteiger charge is -2.27. The van der Waals surface area contributed by atoms with Crippen LogP contribution in [-0.2, 0) is 17.0 Å². The SMILES string of the molecule is CC1CCC(c2ccc(-c3ccc(C(F)(F)Oc4cc(F)c(C(F)(F)F)c(F)c4)cc3)c(F)c2F)CO1. The molecular weight excluding hydrogens is 515 g/mol. The van der Waals surface area contributed by atoms with Crippen molar-refractivity contribution in [1.29, 1.82) is 0 Å². The summed E-state index contributed by atoms with van der Waals surface area (Å²) in [5.74, 6) is -7.97. The van der Waals surface area contributed by atoms with Gasteiger partial charge in [0.25, 0.3) is 0 Å². The van der Waals surface area contributed by atoms with E-state index in [1.807, 2.05) is 6.92 Å². The van der Waals surface area contributed by atoms with Crippen molar-refractivity contribution < 1.29 is 49.0 Å². The average molecular weight is 534 g/mol. The van der Waals surface area contributed by atoms with E-state index in [-0.39, 0.29) is 47.5 Å². The first-order valence-electron chi connectivity index (χ1n) is 11.1. The molecule has 0 radical (unpaired) electrons. The predicted octanol–water partition coefficient (Wildman–Crippen LogP) is 8.34. The van der Waals surface area contributed by atoms with Crippen molar-refractivity contribution in [3.63, 3.8) is 0 Å². The van der Waals surface area contributed by atoms with Gasteiger partial charge in [0.1, 0.15) is 22.9 Å². The molecular formula is C26H19F9O2. The minimum atomic E-state index is -5.37. The third-order valence-corrected chi connectivity index (χ3v) is 6.13. The lowest BCUT2D eigenvalue weighted by Crippen LogP contribution is -2.23. The predicted molar refractivity (Wildman–Crippen MR) is 115 cm³/mol. The van der Waals surface area contributed by atoms with E-state index in [4.69, 9.17) is 4.74 Å². The summed E-state index contributed by atoms with van der Waals surface area (Å²) in [4.78, 5) is 0. The van der Waals surface area contributed by atoms with Gasteiger partial charge < -0.3 is 9.47 Å². The standard InChI is InChI=1S/C26H19F9O2/c1-13-2-3-15(12-36-13)19-9-8-18(23(29)24(19)30)14-4-6-16(7-5-14)26(34,35)37-17-10-20(27)22(21(28)11-17)25(31,32)33/h4-11,13,15H,2-3,12H2,1H3. The van der Waals surface area contributed by atoms with E-state index in [1.165, 1.54) is 12.1 Å². The van der Waals surface area contributed by atoms with Crippen LogP contribution in [0.5, 0.6) is 5.75 Å². The van der Waals surface area contributed by atoms with E-state index < -0.39 is 52.4 Å². The highest BCUT2D eigenvalue weighted by Gasteiger charge is 2.40. The van der Waals surface area contributed by atoms with Crippen molar-refractivity contribution in [2.75, 3.05) is 6.61 Å². The van der Waals surface area contributed by atoms with Crippen molar-refractivity contribution >= 4 is 0 Å². The molecule has 37 heavy (non-hydrogen) atoms. The monoisotopic (exact) mass is 534 g/mol. The highest BCUT2D eigenvalue weighted by molar-refractivity contribution is 5.65. The Hall–Kier alpha value is -3.21. The lowest BCUT2D eigenvalue weighted by atomic mass is 9.89. The molecule has 2 nitrogen and oxygen atoms in total. The number of rotatable bonds is 5. The molecule has 2 unspecified atom stereocenters. The van der Waals surface area contributed by atoms with Crippen molar-refractivity contribution in [3.8, 4) is 16.9 Å². The van der Waals surface area contributed by atoms with E-state index in [1.54, 1.807) is 0 Å². The number of benzene rings is 3. The fraction of sp³-hybridized carbons (Fsp3) is 0.308. The minimum Gasteiger partial charge on any atom is -0.429 e. The fourth-order valence-electron chi connectivity index (χ4n) is 4.16. The number of alkyl halides is 5. The molecule has 1 aliphatic rings. The van der Waals surface area contributed by atoms with Gasteiger partial charge in [-0.05, 0) is 43.0 Å². The van der Waals surface area contributed by atoms with Crippen LogP contribution in [0.3, 0.4) is 0 Å². The first-order chi connectivity index (χ1) is 17.3. The van der Waals surface area contributed by atoms with Gasteiger partial charge in [0, 0.05) is 23.6 Å². The molecule has 3 aromatic carbocycles. The average Bonchev–Trinajstić information content (AvgIpc) is 2.80. The third kappa shape index (κ3) is 5.56. The van der Waals surface area contributed by atoms with Gasteiger partial charge in [0.2, 0.25) is 0 Å². The van der Waals surface area contributed by atoms with Gasteiger partial charge >= 0.3 is 12.3 Å². The van der Waals surface area contributed by atoms with Gasteiger partial charge in [-0.15, -0.1) is 0 Å². The zero-order valence-electron chi connectivity index (χ0n) is 19.1. The summed E-state index contributed by atoms with van der Waals surface area (Å²) >= 11 is 0. The Morgan fingerprint density at radius 3 is 1.97 bits per heavy atom. The largest absolute Gasteiger partial charge is 0.429 e. The Balaban J connectivity index is 1.55. The van der Waals surface area contributed by atoms with Gasteiger partial charge in [-0.2, -0.15) is 22.0 Å². The summed E-state index contributed by atoms with van der Waals surface area (Å²) in [5.41, 5.74) is -3.06. The Morgan fingerprint density at radius 2 is 1.43 bits per heavy atom. The number of ether oxygens (including phenoxy) is 2. The molecule has 1 saturated heterocycles. The molecule has 0 aromatic heterocycles. The molecule has 198 valence electrons. The summed E-state index contributed by atoms with van der Waals surface area (Å²) in [5, 5.41) is 0. The van der Waals surface area contributed by atoms with E-state index >= 15 is 0 Å². The van der Waals surface area contributed by atoms with E-state index in [9.17, 15) is 39.5 Å². The van der Waals surface area contributed by atoms with Crippen LogP contribution in [0, 0.1) is 23.3 Å². The molecule has 2 atom stereocenters. The fourth-order valence-corrected chi connectivity index (χ4v) is 4.16. The molecule has 0 bridgehead atoms. The molecule has 0 spiro atoms. The maximum atomic E-state index is 14.9. The highest BCUT2D eigenvalue weighted by Crippen LogP contribution is 2.39. The summed E-state index contributed by atoms with van der Waals surface area (Å²) in [6.45, 7) is 2.13. The van der Waals surface area contributed by atoms with Crippen LogP contribution in [0.1, 0.15) is 42.4 Å². The van der Waals surface area contributed by atoms with Gasteiger partial charge in [-0.25, -0.2) is 17.6 Å². The first kappa shape index (κ1) is 26.8. The summed E-state index contributed by atoms with van der Waals surface area (Å²) < 4.78 is 134. The maximum Gasteiger partial charge on any atom is 0.426 e. The van der Waals surface area contributed by atoms with E-state index in [0.717, 1.165) is 24.3 Å². The molecule has 1 heterocycles. The second-order valence-corrected chi connectivity index (χ2v) is 8.70. The molecule has 0 N–H and O–H groups in total. The second-order valence-electron chi connectivity index (χ2n) is 8.70. The molecule has 0 saturated carbocycles. The smallest absolute Gasteiger partial charge is 0.426 e. The van der Waals surface area contributed by atoms with Gasteiger partial charge in [0.15, 0.2) is 11.6 Å². The highest BCUT2D eigenvalue weighted by atomic mass is 19.4. The van der Waals surface area contributed by atoms with Crippen LogP contribution in [-0.4, -0.2) is 12.7 Å². The van der Waals surface area contributed by atoms with Crippen molar-refractivity contribution in [3.05, 3.63) is 88.5 Å². The first-order valence-corrected chi connectivity index (χ1v) is 11.1. The minimum absolute atomic E-state index is 0.00803. The van der Waals surface area contributed by atoms with Crippen molar-refractivity contribution in [2.24, 2.45) is 0 Å². The molecule has 4 rings (SSSR count). The van der Waals surface area contributed by atoms with E-state index in [2.05, 4.69) is 4.74 Å². The Kier molecular flexibility index (Phi) is 7.20. The zero-order valence-corrected chi connectivity index (χ0v) is 19.1. The zero-order chi connectivity index (χ0) is 27.1. The summed E-state index contributed by atoms with van der Waals surface area (Å²) in [6, 6.07) is 6.46. The molecule has 0 amide bonds. The Bertz CT molecular complexity index is 1260. The topological polar surface area (TPSA) is 18.5 Å². The van der Waals surface area contributed by atoms with Crippen LogP contribution in [0.15, 0.2) is 48.5 Å². The van der Waals surface area contributed by atoms with Crippen LogP contribution in [0.25, 0.3) is 11.1 Å². The van der Waals surface area contributed by atoms with Crippen LogP contribution >= 0.6 is 0 Å². The van der Waals surface area contributed by atoms with Crippen LogP contribution in [0.4, 0.5) is 39.5 Å². The quantitative estimate of drug-likeness (QED) is 0.307. The lowest BCUT2D eigenvalue weighted by molar-refractivity contribution is -0.185. The maximum absolute atomic E-state index is 14.9. The second kappa shape index (κ2) is 9.92. The number of halogens is 9. The van der Waals surface area contributed by atoms with Gasteiger partial charge in [0.05, 0.1) is 18.3 Å². The summed E-state index contributed by atoms with van der Waals surface area (Å²) in [7, 11) is 0. The normalized spacial score (nSPS) is 18.6. The summed E-state index contributed by atoms with van der Waals surface area (Å²) in [6.07, 6.45) is -8.25. The molecule has 11 heteroatoms. The van der Waals surface area contributed by atoms with Crippen molar-refractivity contribution in [1.82, 2.24) is 0 Å².